The topological polar surface area (TPSA) is 82.3 Å². The maximum Gasteiger partial charge on any atom is 0.224 e. The molecule has 0 atom stereocenters. The van der Waals surface area contributed by atoms with Crippen molar-refractivity contribution in [1.29, 1.82) is 0 Å². The molecule has 4 aromatic rings. The van der Waals surface area contributed by atoms with Gasteiger partial charge in [0, 0.05) is 28.1 Å². The lowest BCUT2D eigenvalue weighted by Crippen LogP contribution is -2.03. The average molecular weight is 431 g/mol. The molecule has 0 saturated heterocycles. The standard InChI is InChI=1S/C20H16Cl2N4O3/c1-27-17-8-14-16(9-18(17)28-2)24-20(22)25-19(14)23-10-13-7-15(26-29-13)11-3-5-12(21)6-4-11/h3-9H,10H2,1-2H3,(H,23,24,25). The first-order valence-corrected chi connectivity index (χ1v) is 9.37. The second-order valence-corrected chi connectivity index (χ2v) is 6.88. The number of aromatic nitrogens is 3. The molecule has 0 aliphatic rings. The van der Waals surface area contributed by atoms with Crippen molar-refractivity contribution in [3.05, 3.63) is 58.5 Å². The number of ether oxygens (including phenoxy) is 2. The summed E-state index contributed by atoms with van der Waals surface area (Å²) in [7, 11) is 3.13. The molecule has 0 bridgehead atoms. The number of nitrogens with one attached hydrogen (secondary N) is 1. The minimum Gasteiger partial charge on any atom is -0.493 e. The highest BCUT2D eigenvalue weighted by Gasteiger charge is 2.14. The third kappa shape index (κ3) is 4.06. The third-order valence-corrected chi connectivity index (χ3v) is 4.72. The van der Waals surface area contributed by atoms with Crippen LogP contribution in [0.4, 0.5) is 5.82 Å². The summed E-state index contributed by atoms with van der Waals surface area (Å²) >= 11 is 12.0. The van der Waals surface area contributed by atoms with Crippen molar-refractivity contribution in [1.82, 2.24) is 15.1 Å². The molecule has 0 saturated carbocycles. The van der Waals surface area contributed by atoms with Crippen LogP contribution in [0.3, 0.4) is 0 Å². The highest BCUT2D eigenvalue weighted by atomic mass is 35.5. The van der Waals surface area contributed by atoms with Crippen molar-refractivity contribution in [3.63, 3.8) is 0 Å². The van der Waals surface area contributed by atoms with Crippen LogP contribution in [-0.2, 0) is 6.54 Å². The van der Waals surface area contributed by atoms with Gasteiger partial charge in [0.25, 0.3) is 0 Å². The minimum absolute atomic E-state index is 0.117. The number of nitrogens with zero attached hydrogens (tertiary/aromatic N) is 3. The van der Waals surface area contributed by atoms with Crippen LogP contribution in [0.5, 0.6) is 11.5 Å². The Hall–Kier alpha value is -3.03. The van der Waals surface area contributed by atoms with E-state index in [9.17, 15) is 0 Å². The van der Waals surface area contributed by atoms with Gasteiger partial charge in [0.1, 0.15) is 11.5 Å². The molecule has 29 heavy (non-hydrogen) atoms. The summed E-state index contributed by atoms with van der Waals surface area (Å²) in [5, 5.41) is 8.85. The van der Waals surface area contributed by atoms with E-state index in [1.54, 1.807) is 38.5 Å². The Kier molecular flexibility index (Phi) is 5.42. The molecule has 0 radical (unpaired) electrons. The van der Waals surface area contributed by atoms with Gasteiger partial charge in [-0.25, -0.2) is 9.97 Å². The molecule has 1 N–H and O–H groups in total. The van der Waals surface area contributed by atoms with E-state index in [2.05, 4.69) is 20.4 Å². The number of fused-ring (bicyclic) bond motifs is 1. The van der Waals surface area contributed by atoms with Crippen molar-refractivity contribution in [2.24, 2.45) is 0 Å². The largest absolute Gasteiger partial charge is 0.493 e. The van der Waals surface area contributed by atoms with Gasteiger partial charge < -0.3 is 19.3 Å². The lowest BCUT2D eigenvalue weighted by Gasteiger charge is -2.12. The number of rotatable bonds is 6. The molecule has 0 unspecified atom stereocenters. The van der Waals surface area contributed by atoms with Gasteiger partial charge in [-0.1, -0.05) is 28.9 Å². The first-order valence-electron chi connectivity index (χ1n) is 8.62. The summed E-state index contributed by atoms with van der Waals surface area (Å²) in [6.07, 6.45) is 0. The predicted molar refractivity (Wildman–Crippen MR) is 112 cm³/mol. The van der Waals surface area contributed by atoms with Crippen LogP contribution < -0.4 is 14.8 Å². The van der Waals surface area contributed by atoms with Crippen LogP contribution in [-0.4, -0.2) is 29.3 Å². The number of benzene rings is 2. The quantitative estimate of drug-likeness (QED) is 0.419. The summed E-state index contributed by atoms with van der Waals surface area (Å²) in [5.74, 6) is 2.31. The molecule has 9 heteroatoms. The molecular formula is C20H16Cl2N4O3. The van der Waals surface area contributed by atoms with Crippen LogP contribution in [0.2, 0.25) is 10.3 Å². The molecule has 0 spiro atoms. The summed E-state index contributed by atoms with van der Waals surface area (Å²) in [6.45, 7) is 0.359. The van der Waals surface area contributed by atoms with Gasteiger partial charge >= 0.3 is 0 Å². The fourth-order valence-electron chi connectivity index (χ4n) is 2.89. The summed E-state index contributed by atoms with van der Waals surface area (Å²) in [6, 6.07) is 12.8. The van der Waals surface area contributed by atoms with E-state index in [0.717, 1.165) is 16.6 Å². The Balaban J connectivity index is 1.60. The third-order valence-electron chi connectivity index (χ3n) is 4.30. The molecule has 0 aliphatic carbocycles. The van der Waals surface area contributed by atoms with E-state index in [-0.39, 0.29) is 5.28 Å². The van der Waals surface area contributed by atoms with Gasteiger partial charge in [0.2, 0.25) is 5.28 Å². The highest BCUT2D eigenvalue weighted by molar-refractivity contribution is 6.30. The smallest absolute Gasteiger partial charge is 0.224 e. The number of hydrogen-bond acceptors (Lipinski definition) is 7. The lowest BCUT2D eigenvalue weighted by molar-refractivity contribution is 0.356. The highest BCUT2D eigenvalue weighted by Crippen LogP contribution is 2.34. The molecule has 0 fully saturated rings. The Morgan fingerprint density at radius 2 is 1.69 bits per heavy atom. The second kappa shape index (κ2) is 8.14. The summed E-state index contributed by atoms with van der Waals surface area (Å²) in [5.41, 5.74) is 2.26. The fraction of sp³-hybridized carbons (Fsp3) is 0.150. The van der Waals surface area contributed by atoms with Crippen molar-refractivity contribution in [2.75, 3.05) is 19.5 Å². The van der Waals surface area contributed by atoms with Crippen molar-refractivity contribution in [2.45, 2.75) is 6.54 Å². The fourth-order valence-corrected chi connectivity index (χ4v) is 3.19. The molecular weight excluding hydrogens is 415 g/mol. The average Bonchev–Trinajstić information content (AvgIpc) is 3.20. The first kappa shape index (κ1) is 19.3. The van der Waals surface area contributed by atoms with E-state index in [4.69, 9.17) is 37.2 Å². The van der Waals surface area contributed by atoms with Crippen LogP contribution in [0.15, 0.2) is 47.0 Å². The number of methoxy groups -OCH3 is 2. The SMILES string of the molecule is COc1cc2nc(Cl)nc(NCc3cc(-c4ccc(Cl)cc4)no3)c2cc1OC. The van der Waals surface area contributed by atoms with Gasteiger partial charge in [-0.3, -0.25) is 0 Å². The van der Waals surface area contributed by atoms with Crippen LogP contribution in [0.25, 0.3) is 22.2 Å². The van der Waals surface area contributed by atoms with Gasteiger partial charge in [-0.15, -0.1) is 0 Å². The maximum atomic E-state index is 6.09. The van der Waals surface area contributed by atoms with Crippen LogP contribution in [0.1, 0.15) is 5.76 Å². The van der Waals surface area contributed by atoms with Crippen LogP contribution >= 0.6 is 23.2 Å². The summed E-state index contributed by atoms with van der Waals surface area (Å²) in [4.78, 5) is 8.55. The first-order chi connectivity index (χ1) is 14.1. The Bertz CT molecular complexity index is 1160. The zero-order valence-corrected chi connectivity index (χ0v) is 17.1. The molecule has 2 aromatic heterocycles. The van der Waals surface area contributed by atoms with Crippen molar-refractivity contribution in [3.8, 4) is 22.8 Å². The van der Waals surface area contributed by atoms with Gasteiger partial charge in [0.15, 0.2) is 17.3 Å². The molecule has 2 aromatic carbocycles. The molecule has 4 rings (SSSR count). The molecule has 0 amide bonds. The second-order valence-electron chi connectivity index (χ2n) is 6.10. The van der Waals surface area contributed by atoms with E-state index < -0.39 is 0 Å². The number of halogens is 2. The van der Waals surface area contributed by atoms with E-state index in [1.807, 2.05) is 18.2 Å². The van der Waals surface area contributed by atoms with E-state index >= 15 is 0 Å². The van der Waals surface area contributed by atoms with E-state index in [1.165, 1.54) is 0 Å². The molecule has 0 aliphatic heterocycles. The monoisotopic (exact) mass is 430 g/mol. The van der Waals surface area contributed by atoms with Crippen molar-refractivity contribution < 1.29 is 14.0 Å². The summed E-state index contributed by atoms with van der Waals surface area (Å²) < 4.78 is 16.1. The molecule has 2 heterocycles. The lowest BCUT2D eigenvalue weighted by atomic mass is 10.1. The van der Waals surface area contributed by atoms with Crippen LogP contribution in [0, 0.1) is 0 Å². The number of anilines is 1. The zero-order valence-electron chi connectivity index (χ0n) is 15.6. The Labute approximate surface area is 176 Å². The van der Waals surface area contributed by atoms with Gasteiger partial charge in [-0.05, 0) is 29.8 Å². The maximum absolute atomic E-state index is 6.09. The zero-order chi connectivity index (χ0) is 20.4. The predicted octanol–water partition coefficient (Wildman–Crippen LogP) is 5.22. The molecule has 7 nitrogen and oxygen atoms in total. The number of hydrogen-bond donors (Lipinski definition) is 1. The molecule has 148 valence electrons. The van der Waals surface area contributed by atoms with Gasteiger partial charge in [0.05, 0.1) is 26.3 Å². The van der Waals surface area contributed by atoms with E-state index in [0.29, 0.717) is 40.2 Å². The Morgan fingerprint density at radius 3 is 2.41 bits per heavy atom. The van der Waals surface area contributed by atoms with Crippen molar-refractivity contribution >= 4 is 39.9 Å². The van der Waals surface area contributed by atoms with Gasteiger partial charge in [-0.2, -0.15) is 0 Å². The normalized spacial score (nSPS) is 10.9. The Morgan fingerprint density at radius 1 is 0.966 bits per heavy atom. The minimum atomic E-state index is 0.117.